The van der Waals surface area contributed by atoms with Crippen LogP contribution in [0.5, 0.6) is 0 Å². The smallest absolute Gasteiger partial charge is 0.258 e. The van der Waals surface area contributed by atoms with E-state index in [0.29, 0.717) is 5.95 Å². The summed E-state index contributed by atoms with van der Waals surface area (Å²) in [7, 11) is 0. The molecule has 1 aromatic heterocycles. The molecular weight excluding hydrogens is 353 g/mol. The Bertz CT molecular complexity index is 968. The van der Waals surface area contributed by atoms with Gasteiger partial charge in [0.25, 0.3) is 5.56 Å². The fourth-order valence-electron chi connectivity index (χ4n) is 3.44. The van der Waals surface area contributed by atoms with E-state index in [4.69, 9.17) is 0 Å². The Kier molecular flexibility index (Phi) is 4.35. The van der Waals surface area contributed by atoms with Crippen molar-refractivity contribution in [3.8, 4) is 0 Å². The van der Waals surface area contributed by atoms with Crippen LogP contribution in [-0.2, 0) is 9.59 Å². The predicted octanol–water partition coefficient (Wildman–Crippen LogP) is 1.57. The Morgan fingerprint density at radius 2 is 1.96 bits per heavy atom. The van der Waals surface area contributed by atoms with E-state index in [0.717, 1.165) is 25.9 Å². The fraction of sp³-hybridized carbons (Fsp3) is 0.333. The maximum Gasteiger partial charge on any atom is 0.258 e. The molecule has 0 spiro atoms. The lowest BCUT2D eigenvalue weighted by Crippen LogP contribution is -2.37. The summed E-state index contributed by atoms with van der Waals surface area (Å²) in [6, 6.07) is 5.71. The number of halogens is 1. The zero-order chi connectivity index (χ0) is 19.0. The summed E-state index contributed by atoms with van der Waals surface area (Å²) < 4.78 is 13.8. The van der Waals surface area contributed by atoms with Gasteiger partial charge in [-0.05, 0) is 25.0 Å². The van der Waals surface area contributed by atoms with Gasteiger partial charge in [0.1, 0.15) is 11.6 Å². The van der Waals surface area contributed by atoms with Gasteiger partial charge >= 0.3 is 0 Å². The molecule has 1 atom stereocenters. The number of fused-ring (bicyclic) bond motifs is 1. The van der Waals surface area contributed by atoms with Crippen LogP contribution in [0.1, 0.15) is 30.7 Å². The van der Waals surface area contributed by atoms with Gasteiger partial charge in [0.15, 0.2) is 0 Å². The molecular formula is C18H18FN5O3. The summed E-state index contributed by atoms with van der Waals surface area (Å²) in [5, 5.41) is 5.03. The molecule has 4 rings (SSSR count). The average Bonchev–Trinajstić information content (AvgIpc) is 3.17. The van der Waals surface area contributed by atoms with Crippen molar-refractivity contribution in [3.63, 3.8) is 0 Å². The van der Waals surface area contributed by atoms with Gasteiger partial charge in [0, 0.05) is 19.5 Å². The number of benzene rings is 1. The molecule has 9 heteroatoms. The van der Waals surface area contributed by atoms with Gasteiger partial charge in [0.05, 0.1) is 17.2 Å². The monoisotopic (exact) mass is 371 g/mol. The Labute approximate surface area is 153 Å². The second-order valence-corrected chi connectivity index (χ2v) is 6.62. The minimum Gasteiger partial charge on any atom is -0.342 e. The maximum atomic E-state index is 13.8. The first-order chi connectivity index (χ1) is 13.0. The normalized spacial score (nSPS) is 18.8. The standard InChI is InChI=1S/C18H18FN5O3/c19-11-5-1-2-6-12(11)20-16(26)10-9-13(25)21-15-14(10)17(27)23-18(22-15)24-7-3-4-8-24/h1-2,5-6,10H,3-4,7-9H2,(H,20,26)(H2,21,22,23,25,27). The second-order valence-electron chi connectivity index (χ2n) is 6.62. The highest BCUT2D eigenvalue weighted by Gasteiger charge is 2.35. The zero-order valence-electron chi connectivity index (χ0n) is 14.4. The van der Waals surface area contributed by atoms with Crippen molar-refractivity contribution in [2.24, 2.45) is 0 Å². The largest absolute Gasteiger partial charge is 0.342 e. The highest BCUT2D eigenvalue weighted by molar-refractivity contribution is 6.04. The molecule has 27 heavy (non-hydrogen) atoms. The van der Waals surface area contributed by atoms with E-state index in [1.807, 2.05) is 4.90 Å². The summed E-state index contributed by atoms with van der Waals surface area (Å²) in [6.07, 6.45) is 1.79. The lowest BCUT2D eigenvalue weighted by molar-refractivity contribution is -0.123. The van der Waals surface area contributed by atoms with Crippen LogP contribution in [0, 0.1) is 5.82 Å². The molecule has 2 aliphatic rings. The van der Waals surface area contributed by atoms with E-state index in [2.05, 4.69) is 20.6 Å². The number of hydrogen-bond donors (Lipinski definition) is 3. The van der Waals surface area contributed by atoms with Crippen LogP contribution in [0.25, 0.3) is 0 Å². The van der Waals surface area contributed by atoms with Gasteiger partial charge in [-0.15, -0.1) is 0 Å². The second kappa shape index (κ2) is 6.82. The molecule has 2 aromatic rings. The highest BCUT2D eigenvalue weighted by Crippen LogP contribution is 2.31. The van der Waals surface area contributed by atoms with Crippen molar-refractivity contribution in [2.75, 3.05) is 28.6 Å². The first-order valence-electron chi connectivity index (χ1n) is 8.77. The van der Waals surface area contributed by atoms with Gasteiger partial charge in [-0.25, -0.2) is 4.39 Å². The molecule has 8 nitrogen and oxygen atoms in total. The molecule has 2 amide bonds. The van der Waals surface area contributed by atoms with E-state index < -0.39 is 29.1 Å². The molecule has 0 radical (unpaired) electrons. The topological polar surface area (TPSA) is 107 Å². The number of rotatable bonds is 3. The van der Waals surface area contributed by atoms with Crippen molar-refractivity contribution in [2.45, 2.75) is 25.2 Å². The van der Waals surface area contributed by atoms with Crippen molar-refractivity contribution in [3.05, 3.63) is 46.0 Å². The molecule has 2 aliphatic heterocycles. The molecule has 3 heterocycles. The van der Waals surface area contributed by atoms with Crippen molar-refractivity contribution < 1.29 is 14.0 Å². The van der Waals surface area contributed by atoms with Crippen LogP contribution in [-0.4, -0.2) is 34.9 Å². The van der Waals surface area contributed by atoms with Crippen molar-refractivity contribution >= 4 is 29.3 Å². The Hall–Kier alpha value is -3.23. The number of carbonyl (C=O) groups is 2. The summed E-state index contributed by atoms with van der Waals surface area (Å²) in [6.45, 7) is 1.54. The maximum absolute atomic E-state index is 13.8. The van der Waals surface area contributed by atoms with Gasteiger partial charge in [-0.3, -0.25) is 19.4 Å². The molecule has 0 aliphatic carbocycles. The quantitative estimate of drug-likeness (QED) is 0.759. The number of nitrogens with one attached hydrogen (secondary N) is 3. The third-order valence-corrected chi connectivity index (χ3v) is 4.79. The van der Waals surface area contributed by atoms with E-state index in [-0.39, 0.29) is 23.5 Å². The molecule has 0 bridgehead atoms. The van der Waals surface area contributed by atoms with Crippen molar-refractivity contribution in [1.82, 2.24) is 9.97 Å². The Morgan fingerprint density at radius 3 is 2.70 bits per heavy atom. The molecule has 140 valence electrons. The van der Waals surface area contributed by atoms with Crippen LogP contribution in [0.15, 0.2) is 29.1 Å². The van der Waals surface area contributed by atoms with E-state index >= 15 is 0 Å². The number of amides is 2. The average molecular weight is 371 g/mol. The fourth-order valence-corrected chi connectivity index (χ4v) is 3.44. The first kappa shape index (κ1) is 17.2. The van der Waals surface area contributed by atoms with Gasteiger partial charge in [-0.1, -0.05) is 12.1 Å². The number of hydrogen-bond acceptors (Lipinski definition) is 5. The molecule has 1 saturated heterocycles. The molecule has 0 saturated carbocycles. The number of anilines is 3. The van der Waals surface area contributed by atoms with E-state index in [1.54, 1.807) is 6.07 Å². The van der Waals surface area contributed by atoms with Crippen LogP contribution >= 0.6 is 0 Å². The number of aromatic amines is 1. The lowest BCUT2D eigenvalue weighted by atomic mass is 9.92. The lowest BCUT2D eigenvalue weighted by Gasteiger charge is -2.25. The van der Waals surface area contributed by atoms with Crippen LogP contribution in [0.4, 0.5) is 21.8 Å². The molecule has 1 unspecified atom stereocenters. The summed E-state index contributed by atoms with van der Waals surface area (Å²) >= 11 is 0. The third kappa shape index (κ3) is 3.27. The van der Waals surface area contributed by atoms with Crippen molar-refractivity contribution in [1.29, 1.82) is 0 Å². The number of carbonyl (C=O) groups excluding carboxylic acids is 2. The number of H-pyrrole nitrogens is 1. The molecule has 1 aromatic carbocycles. The number of para-hydroxylation sites is 1. The van der Waals surface area contributed by atoms with E-state index in [9.17, 15) is 18.8 Å². The van der Waals surface area contributed by atoms with Crippen LogP contribution < -0.4 is 21.1 Å². The summed E-state index contributed by atoms with van der Waals surface area (Å²) in [4.78, 5) is 46.4. The minimum atomic E-state index is -1.04. The van der Waals surface area contributed by atoms with Crippen LogP contribution in [0.2, 0.25) is 0 Å². The van der Waals surface area contributed by atoms with Gasteiger partial charge in [-0.2, -0.15) is 4.98 Å². The first-order valence-corrected chi connectivity index (χ1v) is 8.77. The Balaban J connectivity index is 1.68. The SMILES string of the molecule is O=C1CC(C(=O)Nc2ccccc2F)c2c(nc(N3CCCC3)[nH]c2=O)N1. The Morgan fingerprint density at radius 1 is 1.22 bits per heavy atom. The number of aromatic nitrogens is 2. The van der Waals surface area contributed by atoms with Gasteiger partial charge in [0.2, 0.25) is 17.8 Å². The van der Waals surface area contributed by atoms with Crippen LogP contribution in [0.3, 0.4) is 0 Å². The third-order valence-electron chi connectivity index (χ3n) is 4.79. The zero-order valence-corrected chi connectivity index (χ0v) is 14.4. The molecule has 1 fully saturated rings. The van der Waals surface area contributed by atoms with E-state index in [1.165, 1.54) is 18.2 Å². The summed E-state index contributed by atoms with van der Waals surface area (Å²) in [5.41, 5.74) is -0.393. The molecule has 3 N–H and O–H groups in total. The minimum absolute atomic E-state index is 0.00638. The highest BCUT2D eigenvalue weighted by atomic mass is 19.1. The predicted molar refractivity (Wildman–Crippen MR) is 97.3 cm³/mol. The summed E-state index contributed by atoms with van der Waals surface area (Å²) in [5.74, 6) is -2.21. The van der Waals surface area contributed by atoms with Gasteiger partial charge < -0.3 is 15.5 Å². The number of nitrogens with zero attached hydrogens (tertiary/aromatic N) is 2.